The Labute approximate surface area is 92.6 Å². The summed E-state index contributed by atoms with van der Waals surface area (Å²) in [4.78, 5) is 5.32. The molecule has 1 aliphatic rings. The molecule has 2 aromatic rings. The van der Waals surface area contributed by atoms with E-state index in [1.807, 2.05) is 11.7 Å². The summed E-state index contributed by atoms with van der Waals surface area (Å²) in [5, 5.41) is 0. The summed E-state index contributed by atoms with van der Waals surface area (Å²) in [5.74, 6) is 1.05. The Morgan fingerprint density at radius 1 is 1.33 bits per heavy atom. The second-order valence-corrected chi connectivity index (χ2v) is 4.53. The minimum Gasteiger partial charge on any atom is -0.493 e. The molecule has 0 saturated heterocycles. The van der Waals surface area contributed by atoms with E-state index in [4.69, 9.17) is 4.74 Å². The van der Waals surface area contributed by atoms with Gasteiger partial charge in [-0.15, -0.1) is 11.3 Å². The molecule has 2 nitrogen and oxygen atoms in total. The highest BCUT2D eigenvalue weighted by atomic mass is 32.1. The van der Waals surface area contributed by atoms with Crippen LogP contribution in [0, 0.1) is 0 Å². The van der Waals surface area contributed by atoms with Gasteiger partial charge in [0.05, 0.1) is 17.0 Å². The van der Waals surface area contributed by atoms with Gasteiger partial charge < -0.3 is 4.74 Å². The Balaban J connectivity index is 2.04. The van der Waals surface area contributed by atoms with Crippen molar-refractivity contribution >= 4 is 11.3 Å². The number of aryl methyl sites for hydroxylation is 1. The van der Waals surface area contributed by atoms with Crippen molar-refractivity contribution in [2.45, 2.75) is 12.8 Å². The zero-order valence-electron chi connectivity index (χ0n) is 8.27. The topological polar surface area (TPSA) is 22.1 Å². The van der Waals surface area contributed by atoms with Gasteiger partial charge in [-0.25, -0.2) is 0 Å². The van der Waals surface area contributed by atoms with Gasteiger partial charge in [-0.1, -0.05) is 0 Å². The molecule has 1 aliphatic heterocycles. The molecule has 3 rings (SSSR count). The number of aromatic nitrogens is 1. The summed E-state index contributed by atoms with van der Waals surface area (Å²) >= 11 is 1.67. The van der Waals surface area contributed by atoms with E-state index in [-0.39, 0.29) is 0 Å². The van der Waals surface area contributed by atoms with Gasteiger partial charge >= 0.3 is 0 Å². The van der Waals surface area contributed by atoms with E-state index in [1.165, 1.54) is 16.0 Å². The van der Waals surface area contributed by atoms with E-state index < -0.39 is 0 Å². The van der Waals surface area contributed by atoms with Crippen molar-refractivity contribution in [3.8, 4) is 16.2 Å². The number of benzene rings is 1. The van der Waals surface area contributed by atoms with Crippen LogP contribution in [0.2, 0.25) is 0 Å². The summed E-state index contributed by atoms with van der Waals surface area (Å²) in [7, 11) is 0. The minimum absolute atomic E-state index is 0.854. The molecule has 0 spiro atoms. The Hall–Kier alpha value is -1.35. The molecule has 0 bridgehead atoms. The number of hydrogen-bond donors (Lipinski definition) is 0. The molecule has 0 radical (unpaired) electrons. The molecule has 1 aromatic heterocycles. The number of ether oxygens (including phenoxy) is 1. The third-order valence-corrected chi connectivity index (χ3v) is 3.45. The first kappa shape index (κ1) is 8.92. The standard InChI is InChI=1S/C12H11NOS/c1-2-9-6-10(12-7-13-8-15-12)3-4-11(9)14-5-1/h3-4,6-8H,1-2,5H2. The molecular weight excluding hydrogens is 206 g/mol. The quantitative estimate of drug-likeness (QED) is 0.732. The average molecular weight is 217 g/mol. The van der Waals surface area contributed by atoms with E-state index in [1.54, 1.807) is 11.3 Å². The molecule has 0 atom stereocenters. The third kappa shape index (κ3) is 1.63. The number of thiazole rings is 1. The molecule has 0 N–H and O–H groups in total. The van der Waals surface area contributed by atoms with Crippen LogP contribution in [0.5, 0.6) is 5.75 Å². The Kier molecular flexibility index (Phi) is 2.18. The number of nitrogens with zero attached hydrogens (tertiary/aromatic N) is 1. The zero-order valence-corrected chi connectivity index (χ0v) is 9.09. The fourth-order valence-electron chi connectivity index (χ4n) is 1.87. The van der Waals surface area contributed by atoms with Gasteiger partial charge in [-0.3, -0.25) is 4.98 Å². The largest absolute Gasteiger partial charge is 0.493 e. The monoisotopic (exact) mass is 217 g/mol. The Morgan fingerprint density at radius 2 is 2.33 bits per heavy atom. The van der Waals surface area contributed by atoms with Gasteiger partial charge in [-0.2, -0.15) is 0 Å². The summed E-state index contributed by atoms with van der Waals surface area (Å²) in [6.07, 6.45) is 4.16. The summed E-state index contributed by atoms with van der Waals surface area (Å²) < 4.78 is 5.58. The van der Waals surface area contributed by atoms with Crippen molar-refractivity contribution in [2.75, 3.05) is 6.61 Å². The maximum atomic E-state index is 5.58. The van der Waals surface area contributed by atoms with Crippen LogP contribution in [0.4, 0.5) is 0 Å². The molecule has 0 fully saturated rings. The van der Waals surface area contributed by atoms with E-state index in [0.717, 1.165) is 25.2 Å². The van der Waals surface area contributed by atoms with Crippen molar-refractivity contribution in [2.24, 2.45) is 0 Å². The summed E-state index contributed by atoms with van der Waals surface area (Å²) in [5.41, 5.74) is 4.44. The lowest BCUT2D eigenvalue weighted by Gasteiger charge is -2.17. The second-order valence-electron chi connectivity index (χ2n) is 3.64. The van der Waals surface area contributed by atoms with E-state index in [0.29, 0.717) is 0 Å². The maximum Gasteiger partial charge on any atom is 0.122 e. The smallest absolute Gasteiger partial charge is 0.122 e. The molecule has 2 heterocycles. The van der Waals surface area contributed by atoms with E-state index >= 15 is 0 Å². The molecule has 3 heteroatoms. The maximum absolute atomic E-state index is 5.58. The molecular formula is C12H11NOS. The molecule has 0 unspecified atom stereocenters. The fourth-order valence-corrected chi connectivity index (χ4v) is 2.49. The molecule has 1 aromatic carbocycles. The van der Waals surface area contributed by atoms with Crippen LogP contribution in [0.1, 0.15) is 12.0 Å². The van der Waals surface area contributed by atoms with E-state index in [2.05, 4.69) is 23.2 Å². The van der Waals surface area contributed by atoms with Crippen LogP contribution >= 0.6 is 11.3 Å². The minimum atomic E-state index is 0.854. The highest BCUT2D eigenvalue weighted by Crippen LogP contribution is 2.31. The molecule has 0 amide bonds. The van der Waals surface area contributed by atoms with Gasteiger partial charge in [0.15, 0.2) is 0 Å². The molecule has 0 saturated carbocycles. The highest BCUT2D eigenvalue weighted by molar-refractivity contribution is 7.13. The predicted octanol–water partition coefficient (Wildman–Crippen LogP) is 3.14. The van der Waals surface area contributed by atoms with Crippen LogP contribution < -0.4 is 4.74 Å². The zero-order chi connectivity index (χ0) is 10.1. The van der Waals surface area contributed by atoms with Gasteiger partial charge in [0.2, 0.25) is 0 Å². The average Bonchev–Trinajstić information content (AvgIpc) is 2.82. The van der Waals surface area contributed by atoms with E-state index in [9.17, 15) is 0 Å². The summed E-state index contributed by atoms with van der Waals surface area (Å²) in [6, 6.07) is 6.41. The molecule has 0 aliphatic carbocycles. The number of fused-ring (bicyclic) bond motifs is 1. The molecule has 15 heavy (non-hydrogen) atoms. The number of hydrogen-bond acceptors (Lipinski definition) is 3. The van der Waals surface area contributed by atoms with Crippen LogP contribution in [-0.2, 0) is 6.42 Å². The fraction of sp³-hybridized carbons (Fsp3) is 0.250. The van der Waals surface area contributed by atoms with Gasteiger partial charge in [-0.05, 0) is 42.2 Å². The van der Waals surface area contributed by atoms with Crippen molar-refractivity contribution in [1.29, 1.82) is 0 Å². The highest BCUT2D eigenvalue weighted by Gasteiger charge is 2.11. The van der Waals surface area contributed by atoms with Gasteiger partial charge in [0.25, 0.3) is 0 Å². The van der Waals surface area contributed by atoms with Gasteiger partial charge in [0.1, 0.15) is 5.75 Å². The first-order valence-electron chi connectivity index (χ1n) is 5.08. The van der Waals surface area contributed by atoms with Crippen LogP contribution in [0.15, 0.2) is 29.9 Å². The molecule has 76 valence electrons. The van der Waals surface area contributed by atoms with Crippen molar-refractivity contribution in [1.82, 2.24) is 4.98 Å². The predicted molar refractivity (Wildman–Crippen MR) is 61.4 cm³/mol. The Bertz CT molecular complexity index is 464. The van der Waals surface area contributed by atoms with Crippen molar-refractivity contribution < 1.29 is 4.74 Å². The van der Waals surface area contributed by atoms with Crippen LogP contribution in [0.3, 0.4) is 0 Å². The van der Waals surface area contributed by atoms with Crippen LogP contribution in [-0.4, -0.2) is 11.6 Å². The lowest BCUT2D eigenvalue weighted by molar-refractivity contribution is 0.288. The third-order valence-electron chi connectivity index (χ3n) is 2.63. The second kappa shape index (κ2) is 3.66. The Morgan fingerprint density at radius 3 is 3.20 bits per heavy atom. The van der Waals surface area contributed by atoms with Crippen molar-refractivity contribution in [3.63, 3.8) is 0 Å². The lowest BCUT2D eigenvalue weighted by Crippen LogP contribution is -2.07. The van der Waals surface area contributed by atoms with Crippen molar-refractivity contribution in [3.05, 3.63) is 35.5 Å². The van der Waals surface area contributed by atoms with Gasteiger partial charge in [0, 0.05) is 6.20 Å². The lowest BCUT2D eigenvalue weighted by atomic mass is 10.0. The SMILES string of the molecule is c1ncc(-c2ccc3c(c2)CCCO3)s1. The normalized spacial score (nSPS) is 14.4. The number of rotatable bonds is 1. The first-order chi connectivity index (χ1) is 7.43. The van der Waals surface area contributed by atoms with Crippen LogP contribution in [0.25, 0.3) is 10.4 Å². The first-order valence-corrected chi connectivity index (χ1v) is 5.96. The summed E-state index contributed by atoms with van der Waals surface area (Å²) in [6.45, 7) is 0.854.